The summed E-state index contributed by atoms with van der Waals surface area (Å²) in [6.07, 6.45) is 0. The van der Waals surface area contributed by atoms with Crippen molar-refractivity contribution in [3.63, 3.8) is 0 Å². The van der Waals surface area contributed by atoms with Gasteiger partial charge in [-0.3, -0.25) is 9.69 Å². The number of benzene rings is 4. The standard InChI is InChI=1S/C28H21ClN2OS/c29-23-17-10-18-24-26(23)30-28(33-24)31(19-20-11-4-1-5-12-20)27(32)25(21-13-6-2-7-14-21)22-15-8-3-9-16-22/h1-18,25H,19H2. The summed E-state index contributed by atoms with van der Waals surface area (Å²) in [6, 6.07) is 35.6. The van der Waals surface area contributed by atoms with Gasteiger partial charge >= 0.3 is 0 Å². The number of carbonyl (C=O) groups excluding carboxylic acids is 1. The summed E-state index contributed by atoms with van der Waals surface area (Å²) in [5.41, 5.74) is 3.66. The number of rotatable bonds is 6. The molecule has 1 heterocycles. The van der Waals surface area contributed by atoms with Gasteiger partial charge in [0.2, 0.25) is 5.91 Å². The Balaban J connectivity index is 1.63. The first kappa shape index (κ1) is 21.4. The fraction of sp³-hybridized carbons (Fsp3) is 0.0714. The fourth-order valence-electron chi connectivity index (χ4n) is 3.95. The average Bonchev–Trinajstić information content (AvgIpc) is 3.30. The minimum atomic E-state index is -0.446. The van der Waals surface area contributed by atoms with Crippen LogP contribution in [0.25, 0.3) is 10.2 Å². The van der Waals surface area contributed by atoms with Gasteiger partial charge in [-0.1, -0.05) is 120 Å². The SMILES string of the molecule is O=C(C(c1ccccc1)c1ccccc1)N(Cc1ccccc1)c1nc2c(Cl)cccc2s1. The Morgan fingerprint density at radius 1 is 0.788 bits per heavy atom. The van der Waals surface area contributed by atoms with Crippen LogP contribution < -0.4 is 4.90 Å². The number of hydrogen-bond acceptors (Lipinski definition) is 3. The van der Waals surface area contributed by atoms with Crippen molar-refractivity contribution in [1.29, 1.82) is 0 Å². The molecule has 4 aromatic carbocycles. The molecule has 0 N–H and O–H groups in total. The van der Waals surface area contributed by atoms with Gasteiger partial charge in [0.15, 0.2) is 5.13 Å². The van der Waals surface area contributed by atoms with Crippen molar-refractivity contribution < 1.29 is 4.79 Å². The maximum atomic E-state index is 14.3. The van der Waals surface area contributed by atoms with Gasteiger partial charge in [0, 0.05) is 0 Å². The number of thiazole rings is 1. The summed E-state index contributed by atoms with van der Waals surface area (Å²) >= 11 is 7.89. The van der Waals surface area contributed by atoms with Crippen molar-refractivity contribution in [2.45, 2.75) is 12.5 Å². The van der Waals surface area contributed by atoms with Gasteiger partial charge in [0.05, 0.1) is 22.2 Å². The van der Waals surface area contributed by atoms with Crippen molar-refractivity contribution in [2.75, 3.05) is 4.90 Å². The van der Waals surface area contributed by atoms with E-state index >= 15 is 0 Å². The maximum Gasteiger partial charge on any atom is 0.241 e. The Labute approximate surface area is 201 Å². The van der Waals surface area contributed by atoms with Crippen molar-refractivity contribution >= 4 is 44.2 Å². The number of para-hydroxylation sites is 1. The molecule has 0 aliphatic heterocycles. The lowest BCUT2D eigenvalue weighted by Gasteiger charge is -2.26. The summed E-state index contributed by atoms with van der Waals surface area (Å²) < 4.78 is 0.958. The second-order valence-corrected chi connectivity index (χ2v) is 9.16. The van der Waals surface area contributed by atoms with Gasteiger partial charge in [-0.2, -0.15) is 0 Å². The number of nitrogens with zero attached hydrogens (tertiary/aromatic N) is 2. The van der Waals surface area contributed by atoms with E-state index in [9.17, 15) is 4.79 Å². The van der Waals surface area contributed by atoms with Crippen LogP contribution >= 0.6 is 22.9 Å². The summed E-state index contributed by atoms with van der Waals surface area (Å²) in [4.78, 5) is 20.9. The highest BCUT2D eigenvalue weighted by atomic mass is 35.5. The molecule has 162 valence electrons. The van der Waals surface area contributed by atoms with Crippen LogP contribution in [0.3, 0.4) is 0 Å². The smallest absolute Gasteiger partial charge is 0.241 e. The molecule has 3 nitrogen and oxygen atoms in total. The number of hydrogen-bond donors (Lipinski definition) is 0. The summed E-state index contributed by atoms with van der Waals surface area (Å²) in [5.74, 6) is -0.468. The Morgan fingerprint density at radius 2 is 1.36 bits per heavy atom. The Morgan fingerprint density at radius 3 is 1.94 bits per heavy atom. The fourth-order valence-corrected chi connectivity index (χ4v) is 5.22. The molecule has 0 aliphatic rings. The number of halogens is 1. The van der Waals surface area contributed by atoms with Crippen LogP contribution in [-0.2, 0) is 11.3 Å². The first-order valence-electron chi connectivity index (χ1n) is 10.7. The molecule has 0 radical (unpaired) electrons. The zero-order valence-corrected chi connectivity index (χ0v) is 19.3. The number of amides is 1. The topological polar surface area (TPSA) is 33.2 Å². The van der Waals surface area contributed by atoms with Crippen molar-refractivity contribution in [3.05, 3.63) is 131 Å². The zero-order valence-electron chi connectivity index (χ0n) is 17.8. The van der Waals surface area contributed by atoms with Crippen LogP contribution in [0.5, 0.6) is 0 Å². The van der Waals surface area contributed by atoms with Crippen LogP contribution in [0.2, 0.25) is 5.02 Å². The zero-order chi connectivity index (χ0) is 22.6. The van der Waals surface area contributed by atoms with E-state index in [2.05, 4.69) is 0 Å². The third-order valence-corrected chi connectivity index (χ3v) is 6.90. The Hall–Kier alpha value is -3.47. The second-order valence-electron chi connectivity index (χ2n) is 7.75. The molecule has 1 amide bonds. The molecule has 0 atom stereocenters. The van der Waals surface area contributed by atoms with Gasteiger partial charge in [-0.05, 0) is 28.8 Å². The summed E-state index contributed by atoms with van der Waals surface area (Å²) in [6.45, 7) is 0.424. The second kappa shape index (κ2) is 9.57. The van der Waals surface area contributed by atoms with Crippen molar-refractivity contribution in [1.82, 2.24) is 4.98 Å². The predicted octanol–water partition coefficient (Wildman–Crippen LogP) is 7.32. The minimum absolute atomic E-state index is 0.0218. The maximum absolute atomic E-state index is 14.3. The van der Waals surface area contributed by atoms with Gasteiger partial charge in [-0.25, -0.2) is 4.98 Å². The van der Waals surface area contributed by atoms with Crippen LogP contribution in [0.1, 0.15) is 22.6 Å². The van der Waals surface area contributed by atoms with Gasteiger partial charge in [0.25, 0.3) is 0 Å². The molecule has 1 aromatic heterocycles. The molecular formula is C28H21ClN2OS. The first-order valence-corrected chi connectivity index (χ1v) is 11.9. The monoisotopic (exact) mass is 468 g/mol. The van der Waals surface area contributed by atoms with E-state index in [0.29, 0.717) is 16.7 Å². The number of carbonyl (C=O) groups is 1. The molecule has 5 heteroatoms. The van der Waals surface area contributed by atoms with Gasteiger partial charge in [0.1, 0.15) is 5.52 Å². The minimum Gasteiger partial charge on any atom is -0.283 e. The van der Waals surface area contributed by atoms with Crippen LogP contribution in [-0.4, -0.2) is 10.9 Å². The molecule has 0 bridgehead atoms. The largest absolute Gasteiger partial charge is 0.283 e. The number of fused-ring (bicyclic) bond motifs is 1. The third-order valence-electron chi connectivity index (χ3n) is 5.55. The highest BCUT2D eigenvalue weighted by molar-refractivity contribution is 7.22. The lowest BCUT2D eigenvalue weighted by molar-refractivity contribution is -0.119. The normalized spacial score (nSPS) is 11.1. The molecule has 0 saturated heterocycles. The van der Waals surface area contributed by atoms with E-state index in [0.717, 1.165) is 26.9 Å². The predicted molar refractivity (Wildman–Crippen MR) is 137 cm³/mol. The number of aromatic nitrogens is 1. The lowest BCUT2D eigenvalue weighted by Crippen LogP contribution is -2.35. The highest BCUT2D eigenvalue weighted by Crippen LogP contribution is 2.36. The molecule has 0 unspecified atom stereocenters. The van der Waals surface area contributed by atoms with Crippen molar-refractivity contribution in [3.8, 4) is 0 Å². The van der Waals surface area contributed by atoms with E-state index in [1.165, 1.54) is 11.3 Å². The van der Waals surface area contributed by atoms with Crippen LogP contribution in [0.4, 0.5) is 5.13 Å². The average molecular weight is 469 g/mol. The molecule has 0 spiro atoms. The van der Waals surface area contributed by atoms with E-state index in [1.54, 1.807) is 4.90 Å². The quantitative estimate of drug-likeness (QED) is 0.261. The first-order chi connectivity index (χ1) is 16.2. The van der Waals surface area contributed by atoms with Gasteiger partial charge in [-0.15, -0.1) is 0 Å². The summed E-state index contributed by atoms with van der Waals surface area (Å²) in [5, 5.41) is 1.23. The summed E-state index contributed by atoms with van der Waals surface area (Å²) in [7, 11) is 0. The molecule has 0 saturated carbocycles. The molecule has 5 aromatic rings. The van der Waals surface area contributed by atoms with E-state index in [1.807, 2.05) is 109 Å². The third kappa shape index (κ3) is 4.54. The lowest BCUT2D eigenvalue weighted by atomic mass is 9.90. The molecule has 0 aliphatic carbocycles. The van der Waals surface area contributed by atoms with Crippen LogP contribution in [0, 0.1) is 0 Å². The number of anilines is 1. The van der Waals surface area contributed by atoms with Crippen molar-refractivity contribution in [2.24, 2.45) is 0 Å². The molecule has 33 heavy (non-hydrogen) atoms. The Bertz CT molecular complexity index is 1330. The van der Waals surface area contributed by atoms with E-state index in [-0.39, 0.29) is 5.91 Å². The molecule has 5 rings (SSSR count). The molecular weight excluding hydrogens is 448 g/mol. The van der Waals surface area contributed by atoms with E-state index < -0.39 is 5.92 Å². The highest BCUT2D eigenvalue weighted by Gasteiger charge is 2.30. The van der Waals surface area contributed by atoms with E-state index in [4.69, 9.17) is 16.6 Å². The molecule has 0 fully saturated rings. The van der Waals surface area contributed by atoms with Crippen LogP contribution in [0.15, 0.2) is 109 Å². The van der Waals surface area contributed by atoms with Gasteiger partial charge < -0.3 is 0 Å². The Kier molecular flexibility index (Phi) is 6.20.